The Balaban J connectivity index is 1.75. The highest BCUT2D eigenvalue weighted by atomic mass is 16.5. The van der Waals surface area contributed by atoms with Gasteiger partial charge in [0, 0.05) is 16.6 Å². The molecule has 0 radical (unpaired) electrons. The van der Waals surface area contributed by atoms with Crippen LogP contribution in [0.3, 0.4) is 0 Å². The van der Waals surface area contributed by atoms with E-state index in [1.54, 1.807) is 14.2 Å². The summed E-state index contributed by atoms with van der Waals surface area (Å²) in [7, 11) is 3.45. The van der Waals surface area contributed by atoms with E-state index in [4.69, 9.17) is 9.47 Å². The van der Waals surface area contributed by atoms with Gasteiger partial charge >= 0.3 is 0 Å². The molecule has 1 N–H and O–H groups in total. The SMILES string of the molecule is COc1cccc([C@]2(C)CCc3c([nH]c4ccc(OC)cc34)C2)c1. The molecule has 1 aliphatic carbocycles. The van der Waals surface area contributed by atoms with Crippen LogP contribution in [0, 0.1) is 0 Å². The lowest BCUT2D eigenvalue weighted by atomic mass is 9.70. The lowest BCUT2D eigenvalue weighted by molar-refractivity contribution is 0.393. The van der Waals surface area contributed by atoms with Gasteiger partial charge in [0.05, 0.1) is 14.2 Å². The molecule has 1 aliphatic rings. The first-order valence-electron chi connectivity index (χ1n) is 8.45. The predicted molar refractivity (Wildman–Crippen MR) is 97.2 cm³/mol. The van der Waals surface area contributed by atoms with Gasteiger partial charge in [0.15, 0.2) is 0 Å². The summed E-state index contributed by atoms with van der Waals surface area (Å²) in [6.07, 6.45) is 3.24. The molecule has 3 heteroatoms. The largest absolute Gasteiger partial charge is 0.497 e. The van der Waals surface area contributed by atoms with Crippen molar-refractivity contribution in [2.75, 3.05) is 14.2 Å². The minimum absolute atomic E-state index is 0.131. The molecule has 24 heavy (non-hydrogen) atoms. The highest BCUT2D eigenvalue weighted by Gasteiger charge is 2.33. The number of methoxy groups -OCH3 is 2. The van der Waals surface area contributed by atoms with E-state index in [0.29, 0.717) is 0 Å². The Labute approximate surface area is 142 Å². The van der Waals surface area contributed by atoms with E-state index in [0.717, 1.165) is 30.8 Å². The molecule has 3 aromatic rings. The normalized spacial score (nSPS) is 20.0. The fraction of sp³-hybridized carbons (Fsp3) is 0.333. The van der Waals surface area contributed by atoms with Crippen molar-refractivity contribution in [2.45, 2.75) is 31.6 Å². The van der Waals surface area contributed by atoms with Crippen LogP contribution in [-0.4, -0.2) is 19.2 Å². The molecule has 0 fully saturated rings. The van der Waals surface area contributed by atoms with Crippen LogP contribution in [0.1, 0.15) is 30.2 Å². The van der Waals surface area contributed by atoms with Crippen LogP contribution in [-0.2, 0) is 18.3 Å². The molecule has 124 valence electrons. The minimum Gasteiger partial charge on any atom is -0.497 e. The van der Waals surface area contributed by atoms with E-state index in [-0.39, 0.29) is 5.41 Å². The summed E-state index contributed by atoms with van der Waals surface area (Å²) >= 11 is 0. The van der Waals surface area contributed by atoms with Crippen molar-refractivity contribution in [2.24, 2.45) is 0 Å². The first-order valence-corrected chi connectivity index (χ1v) is 8.45. The molecular weight excluding hydrogens is 298 g/mol. The Morgan fingerprint density at radius 1 is 1.00 bits per heavy atom. The summed E-state index contributed by atoms with van der Waals surface area (Å²) in [5.41, 5.74) is 5.49. The average Bonchev–Trinajstić information content (AvgIpc) is 2.97. The zero-order valence-corrected chi connectivity index (χ0v) is 14.5. The van der Waals surface area contributed by atoms with E-state index >= 15 is 0 Å². The smallest absolute Gasteiger partial charge is 0.119 e. The number of benzene rings is 2. The second-order valence-corrected chi connectivity index (χ2v) is 6.96. The van der Waals surface area contributed by atoms with E-state index in [1.165, 1.54) is 27.7 Å². The topological polar surface area (TPSA) is 34.2 Å². The van der Waals surface area contributed by atoms with Crippen molar-refractivity contribution in [1.82, 2.24) is 4.98 Å². The van der Waals surface area contributed by atoms with Crippen LogP contribution >= 0.6 is 0 Å². The van der Waals surface area contributed by atoms with Crippen LogP contribution in [0.4, 0.5) is 0 Å². The number of fused-ring (bicyclic) bond motifs is 3. The van der Waals surface area contributed by atoms with Crippen LogP contribution < -0.4 is 9.47 Å². The molecule has 0 saturated carbocycles. The number of hydrogen-bond donors (Lipinski definition) is 1. The first kappa shape index (κ1) is 15.1. The van der Waals surface area contributed by atoms with Gasteiger partial charge in [-0.15, -0.1) is 0 Å². The van der Waals surface area contributed by atoms with E-state index in [9.17, 15) is 0 Å². The van der Waals surface area contributed by atoms with E-state index < -0.39 is 0 Å². The number of H-pyrrole nitrogens is 1. The van der Waals surface area contributed by atoms with Gasteiger partial charge in [-0.1, -0.05) is 19.1 Å². The molecule has 1 aromatic heterocycles. The number of aryl methyl sites for hydroxylation is 1. The standard InChI is InChI=1S/C21H23NO2/c1-21(14-5-4-6-15(11-14)23-2)10-9-17-18-12-16(24-3)7-8-19(18)22-20(17)13-21/h4-8,11-12,22H,9-10,13H2,1-3H3/t21-/m1/s1. The van der Waals surface area contributed by atoms with Crippen LogP contribution in [0.2, 0.25) is 0 Å². The summed E-state index contributed by atoms with van der Waals surface area (Å²) in [5.74, 6) is 1.85. The van der Waals surface area contributed by atoms with Crippen LogP contribution in [0.15, 0.2) is 42.5 Å². The Morgan fingerprint density at radius 3 is 2.58 bits per heavy atom. The highest BCUT2D eigenvalue weighted by molar-refractivity contribution is 5.86. The second-order valence-electron chi connectivity index (χ2n) is 6.96. The lowest BCUT2D eigenvalue weighted by Crippen LogP contribution is -2.30. The van der Waals surface area contributed by atoms with Gasteiger partial charge in [-0.3, -0.25) is 0 Å². The van der Waals surface area contributed by atoms with Crippen molar-refractivity contribution in [1.29, 1.82) is 0 Å². The molecule has 1 atom stereocenters. The van der Waals surface area contributed by atoms with Crippen molar-refractivity contribution in [3.05, 3.63) is 59.3 Å². The molecule has 0 saturated heterocycles. The quantitative estimate of drug-likeness (QED) is 0.763. The Hall–Kier alpha value is -2.42. The van der Waals surface area contributed by atoms with Gasteiger partial charge < -0.3 is 14.5 Å². The van der Waals surface area contributed by atoms with Crippen LogP contribution in [0.5, 0.6) is 11.5 Å². The zero-order chi connectivity index (χ0) is 16.7. The third-order valence-electron chi connectivity index (χ3n) is 5.46. The van der Waals surface area contributed by atoms with Gasteiger partial charge in [-0.25, -0.2) is 0 Å². The number of aromatic nitrogens is 1. The van der Waals surface area contributed by atoms with E-state index in [2.05, 4.69) is 42.2 Å². The average molecular weight is 321 g/mol. The summed E-state index contributed by atoms with van der Waals surface area (Å²) in [6, 6.07) is 14.8. The monoisotopic (exact) mass is 321 g/mol. The van der Waals surface area contributed by atoms with Gasteiger partial charge in [-0.05, 0) is 66.1 Å². The molecular formula is C21H23NO2. The molecule has 0 spiro atoms. The summed E-state index contributed by atoms with van der Waals surface area (Å²) in [6.45, 7) is 2.36. The molecule has 0 aliphatic heterocycles. The minimum atomic E-state index is 0.131. The summed E-state index contributed by atoms with van der Waals surface area (Å²) < 4.78 is 10.8. The van der Waals surface area contributed by atoms with Crippen molar-refractivity contribution in [3.8, 4) is 11.5 Å². The molecule has 1 heterocycles. The van der Waals surface area contributed by atoms with Gasteiger partial charge in [-0.2, -0.15) is 0 Å². The molecule has 2 aromatic carbocycles. The van der Waals surface area contributed by atoms with Gasteiger partial charge in [0.25, 0.3) is 0 Å². The molecule has 3 nitrogen and oxygen atoms in total. The second kappa shape index (κ2) is 5.59. The van der Waals surface area contributed by atoms with Crippen molar-refractivity contribution < 1.29 is 9.47 Å². The fourth-order valence-corrected chi connectivity index (χ4v) is 3.97. The maximum atomic E-state index is 5.41. The third-order valence-corrected chi connectivity index (χ3v) is 5.46. The van der Waals surface area contributed by atoms with Gasteiger partial charge in [0.1, 0.15) is 11.5 Å². The molecule has 0 bridgehead atoms. The number of nitrogens with one attached hydrogen (secondary N) is 1. The van der Waals surface area contributed by atoms with Crippen molar-refractivity contribution in [3.63, 3.8) is 0 Å². The van der Waals surface area contributed by atoms with Crippen molar-refractivity contribution >= 4 is 10.9 Å². The van der Waals surface area contributed by atoms with E-state index in [1.807, 2.05) is 12.1 Å². The number of rotatable bonds is 3. The maximum absolute atomic E-state index is 5.41. The van der Waals surface area contributed by atoms with Gasteiger partial charge in [0.2, 0.25) is 0 Å². The fourth-order valence-electron chi connectivity index (χ4n) is 3.97. The summed E-state index contributed by atoms with van der Waals surface area (Å²) in [5, 5.41) is 1.30. The highest BCUT2D eigenvalue weighted by Crippen LogP contribution is 2.41. The Bertz CT molecular complexity index is 896. The Morgan fingerprint density at radius 2 is 1.79 bits per heavy atom. The lowest BCUT2D eigenvalue weighted by Gasteiger charge is -2.34. The Kier molecular flexibility index (Phi) is 3.52. The molecule has 4 rings (SSSR count). The molecule has 0 amide bonds. The van der Waals surface area contributed by atoms with Crippen LogP contribution in [0.25, 0.3) is 10.9 Å². The third kappa shape index (κ3) is 2.35. The maximum Gasteiger partial charge on any atom is 0.119 e. The zero-order valence-electron chi connectivity index (χ0n) is 14.5. The molecule has 0 unspecified atom stereocenters. The first-order chi connectivity index (χ1) is 11.6. The number of aromatic amines is 1. The number of hydrogen-bond acceptors (Lipinski definition) is 2. The number of ether oxygens (including phenoxy) is 2. The summed E-state index contributed by atoms with van der Waals surface area (Å²) in [4.78, 5) is 3.63. The predicted octanol–water partition coefficient (Wildman–Crippen LogP) is 4.63.